The van der Waals surface area contributed by atoms with Gasteiger partial charge in [-0.05, 0) is 53.9 Å². The van der Waals surface area contributed by atoms with E-state index in [0.717, 1.165) is 22.4 Å². The average molecular weight is 530 g/mol. The van der Waals surface area contributed by atoms with Gasteiger partial charge in [-0.1, -0.05) is 71.2 Å². The van der Waals surface area contributed by atoms with Gasteiger partial charge in [-0.2, -0.15) is 0 Å². The molecule has 0 spiro atoms. The van der Waals surface area contributed by atoms with Crippen molar-refractivity contribution < 1.29 is 14.1 Å². The van der Waals surface area contributed by atoms with Gasteiger partial charge in [0.1, 0.15) is 25.0 Å². The number of imidazole rings is 1. The van der Waals surface area contributed by atoms with Gasteiger partial charge in [0.2, 0.25) is 6.33 Å². The second-order valence-corrected chi connectivity index (χ2v) is 9.51. The molecule has 0 fully saturated rings. The minimum Gasteiger partial charge on any atom is -0.365 e. The molecule has 1 N–H and O–H groups in total. The molecule has 35 heavy (non-hydrogen) atoms. The molecule has 0 aliphatic carbocycles. The summed E-state index contributed by atoms with van der Waals surface area (Å²) in [6.45, 7) is 3.03. The number of benzene rings is 3. The standard InChI is InChI=1S/C27H24Cl3N3O2/c1-19-4-2-3-5-25(19)31-27(34)16-33-13-12-32(18-33)15-26(20-6-9-22(28)10-7-20)35-17-21-8-11-23(29)14-24(21)30/h2-14,18,26H,15-17H2,1H3/p+1. The lowest BCUT2D eigenvalue weighted by Crippen LogP contribution is -2.38. The minimum atomic E-state index is -0.263. The highest BCUT2D eigenvalue weighted by Gasteiger charge is 2.19. The van der Waals surface area contributed by atoms with Crippen LogP contribution in [0.5, 0.6) is 0 Å². The number of hydrogen-bond donors (Lipinski definition) is 1. The summed E-state index contributed by atoms with van der Waals surface area (Å²) in [5.41, 5.74) is 3.67. The van der Waals surface area contributed by atoms with Crippen LogP contribution in [-0.4, -0.2) is 10.5 Å². The number of carbonyl (C=O) groups is 1. The Morgan fingerprint density at radius 3 is 2.51 bits per heavy atom. The number of halogens is 3. The molecule has 180 valence electrons. The number of para-hydroxylation sites is 1. The first-order chi connectivity index (χ1) is 16.9. The Hall–Kier alpha value is -2.83. The molecule has 1 unspecified atom stereocenters. The lowest BCUT2D eigenvalue weighted by atomic mass is 10.1. The summed E-state index contributed by atoms with van der Waals surface area (Å²) in [4.78, 5) is 12.5. The predicted molar refractivity (Wildman–Crippen MR) is 140 cm³/mol. The van der Waals surface area contributed by atoms with E-state index in [0.29, 0.717) is 28.2 Å². The average Bonchev–Trinajstić information content (AvgIpc) is 3.26. The number of aromatic nitrogens is 2. The van der Waals surface area contributed by atoms with Crippen LogP contribution in [0.2, 0.25) is 15.1 Å². The van der Waals surface area contributed by atoms with Gasteiger partial charge in [-0.15, -0.1) is 0 Å². The van der Waals surface area contributed by atoms with Crippen molar-refractivity contribution in [2.24, 2.45) is 0 Å². The lowest BCUT2D eigenvalue weighted by Gasteiger charge is -2.17. The highest BCUT2D eigenvalue weighted by atomic mass is 35.5. The van der Waals surface area contributed by atoms with Crippen molar-refractivity contribution in [3.8, 4) is 0 Å². The fraction of sp³-hybridized carbons (Fsp3) is 0.185. The topological polar surface area (TPSA) is 47.1 Å². The first kappa shape index (κ1) is 25.3. The maximum atomic E-state index is 12.5. The molecular formula is C27H25Cl3N3O2+. The van der Waals surface area contributed by atoms with Gasteiger partial charge < -0.3 is 10.1 Å². The van der Waals surface area contributed by atoms with Crippen LogP contribution in [-0.2, 0) is 29.2 Å². The highest BCUT2D eigenvalue weighted by Crippen LogP contribution is 2.26. The van der Waals surface area contributed by atoms with Gasteiger partial charge in [0.15, 0.2) is 6.54 Å². The fourth-order valence-electron chi connectivity index (χ4n) is 3.66. The zero-order chi connectivity index (χ0) is 24.8. The Kier molecular flexibility index (Phi) is 8.47. The number of hydrogen-bond acceptors (Lipinski definition) is 2. The summed E-state index contributed by atoms with van der Waals surface area (Å²) < 4.78 is 10.1. The first-order valence-corrected chi connectivity index (χ1v) is 12.2. The molecule has 1 atom stereocenters. The third-order valence-electron chi connectivity index (χ3n) is 5.57. The molecule has 5 nitrogen and oxygen atoms in total. The number of nitrogens with zero attached hydrogens (tertiary/aromatic N) is 2. The number of amides is 1. The Balaban J connectivity index is 1.44. The largest absolute Gasteiger partial charge is 0.365 e. The van der Waals surface area contributed by atoms with E-state index in [-0.39, 0.29) is 18.6 Å². The van der Waals surface area contributed by atoms with Crippen LogP contribution >= 0.6 is 34.8 Å². The molecule has 4 rings (SSSR count). The Morgan fingerprint density at radius 2 is 1.77 bits per heavy atom. The Morgan fingerprint density at radius 1 is 1.03 bits per heavy atom. The summed E-state index contributed by atoms with van der Waals surface area (Å²) in [5, 5.41) is 4.76. The van der Waals surface area contributed by atoms with E-state index >= 15 is 0 Å². The van der Waals surface area contributed by atoms with E-state index in [1.54, 1.807) is 12.1 Å². The molecule has 1 aromatic heterocycles. The SMILES string of the molecule is Cc1ccccc1NC(=O)C[n+]1ccn(CC(OCc2ccc(Cl)cc2Cl)c2ccc(Cl)cc2)c1. The van der Waals surface area contributed by atoms with Gasteiger partial charge >= 0.3 is 0 Å². The van der Waals surface area contributed by atoms with Crippen molar-refractivity contribution >= 4 is 46.4 Å². The smallest absolute Gasteiger partial charge is 0.266 e. The summed E-state index contributed by atoms with van der Waals surface area (Å²) in [7, 11) is 0. The number of rotatable bonds is 9. The van der Waals surface area contributed by atoms with E-state index < -0.39 is 0 Å². The van der Waals surface area contributed by atoms with Crippen molar-refractivity contribution in [1.82, 2.24) is 4.57 Å². The third kappa shape index (κ3) is 7.09. The van der Waals surface area contributed by atoms with Crippen LogP contribution in [0, 0.1) is 6.92 Å². The monoisotopic (exact) mass is 528 g/mol. The molecule has 0 radical (unpaired) electrons. The molecule has 0 aliphatic heterocycles. The normalized spacial score (nSPS) is 11.9. The number of ether oxygens (including phenoxy) is 1. The highest BCUT2D eigenvalue weighted by molar-refractivity contribution is 6.35. The summed E-state index contributed by atoms with van der Waals surface area (Å²) >= 11 is 18.4. The van der Waals surface area contributed by atoms with Crippen LogP contribution in [0.3, 0.4) is 0 Å². The molecule has 0 saturated heterocycles. The summed E-state index contributed by atoms with van der Waals surface area (Å²) in [6, 6.07) is 20.6. The van der Waals surface area contributed by atoms with Gasteiger partial charge in [0.05, 0.1) is 6.61 Å². The maximum absolute atomic E-state index is 12.5. The van der Waals surface area contributed by atoms with Crippen molar-refractivity contribution in [3.63, 3.8) is 0 Å². The maximum Gasteiger partial charge on any atom is 0.266 e. The molecule has 0 saturated carbocycles. The van der Waals surface area contributed by atoms with Crippen LogP contribution in [0.15, 0.2) is 85.5 Å². The predicted octanol–water partition coefficient (Wildman–Crippen LogP) is 6.64. The van der Waals surface area contributed by atoms with Crippen LogP contribution < -0.4 is 9.88 Å². The van der Waals surface area contributed by atoms with Crippen molar-refractivity contribution in [1.29, 1.82) is 0 Å². The van der Waals surface area contributed by atoms with Crippen molar-refractivity contribution in [3.05, 3.63) is 117 Å². The molecular weight excluding hydrogens is 505 g/mol. The Bertz CT molecular complexity index is 1310. The summed E-state index contributed by atoms with van der Waals surface area (Å²) in [6.07, 6.45) is 5.41. The third-order valence-corrected chi connectivity index (χ3v) is 6.40. The molecule has 8 heteroatoms. The van der Waals surface area contributed by atoms with E-state index in [1.807, 2.05) is 89.4 Å². The zero-order valence-electron chi connectivity index (χ0n) is 19.1. The van der Waals surface area contributed by atoms with Gasteiger partial charge in [-0.25, -0.2) is 9.13 Å². The molecule has 4 aromatic rings. The fourth-order valence-corrected chi connectivity index (χ4v) is 4.25. The second kappa shape index (κ2) is 11.7. The van der Waals surface area contributed by atoms with Gasteiger partial charge in [-0.3, -0.25) is 4.79 Å². The molecule has 1 heterocycles. The van der Waals surface area contributed by atoms with E-state index in [1.165, 1.54) is 0 Å². The van der Waals surface area contributed by atoms with Crippen molar-refractivity contribution in [2.75, 3.05) is 5.32 Å². The molecule has 3 aromatic carbocycles. The number of carbonyl (C=O) groups excluding carboxylic acids is 1. The van der Waals surface area contributed by atoms with Gasteiger partial charge in [0.25, 0.3) is 5.91 Å². The summed E-state index contributed by atoms with van der Waals surface area (Å²) in [5.74, 6) is -0.0927. The van der Waals surface area contributed by atoms with Crippen LogP contribution in [0.1, 0.15) is 22.8 Å². The van der Waals surface area contributed by atoms with Crippen molar-refractivity contribution in [2.45, 2.75) is 32.7 Å². The van der Waals surface area contributed by atoms with E-state index in [2.05, 4.69) is 5.32 Å². The number of nitrogens with one attached hydrogen (secondary N) is 1. The second-order valence-electron chi connectivity index (χ2n) is 8.23. The molecule has 0 aliphatic rings. The number of aryl methyl sites for hydroxylation is 1. The van der Waals surface area contributed by atoms with Crippen LogP contribution in [0.25, 0.3) is 0 Å². The Labute approximate surface area is 219 Å². The molecule has 1 amide bonds. The first-order valence-electron chi connectivity index (χ1n) is 11.1. The minimum absolute atomic E-state index is 0.0927. The van der Waals surface area contributed by atoms with Gasteiger partial charge in [0, 0.05) is 20.8 Å². The lowest BCUT2D eigenvalue weighted by molar-refractivity contribution is -0.683. The molecule has 0 bridgehead atoms. The number of anilines is 1. The van der Waals surface area contributed by atoms with Crippen LogP contribution in [0.4, 0.5) is 5.69 Å². The van der Waals surface area contributed by atoms with E-state index in [4.69, 9.17) is 39.5 Å². The zero-order valence-corrected chi connectivity index (χ0v) is 21.4. The quantitative estimate of drug-likeness (QED) is 0.247. The van der Waals surface area contributed by atoms with E-state index in [9.17, 15) is 4.79 Å².